The Balaban J connectivity index is 2.00. The number of morpholine rings is 1. The van der Waals surface area contributed by atoms with Crippen molar-refractivity contribution in [3.05, 3.63) is 0 Å². The lowest BCUT2D eigenvalue weighted by atomic mass is 10.0. The van der Waals surface area contributed by atoms with Crippen LogP contribution in [0.1, 0.15) is 48.0 Å². The van der Waals surface area contributed by atoms with E-state index in [0.717, 1.165) is 19.5 Å². The van der Waals surface area contributed by atoms with E-state index in [1.807, 2.05) is 20.8 Å². The SMILES string of the molecule is CC(C)(C)OC(=O)N1CCOC2(CCN(C(C)(C)C)C2)C1. The molecule has 2 heterocycles. The molecule has 122 valence electrons. The Bertz CT molecular complexity index is 397. The van der Waals surface area contributed by atoms with Crippen LogP contribution in [-0.4, -0.2) is 65.4 Å². The van der Waals surface area contributed by atoms with Gasteiger partial charge >= 0.3 is 6.09 Å². The molecule has 0 aromatic carbocycles. The van der Waals surface area contributed by atoms with Gasteiger partial charge in [0, 0.05) is 25.2 Å². The molecule has 5 nitrogen and oxygen atoms in total. The van der Waals surface area contributed by atoms with Gasteiger partial charge in [-0.3, -0.25) is 4.90 Å². The highest BCUT2D eigenvalue weighted by molar-refractivity contribution is 5.68. The summed E-state index contributed by atoms with van der Waals surface area (Å²) >= 11 is 0. The molecule has 0 saturated carbocycles. The monoisotopic (exact) mass is 298 g/mol. The number of carbonyl (C=O) groups excluding carboxylic acids is 1. The molecule has 1 amide bonds. The molecule has 1 atom stereocenters. The highest BCUT2D eigenvalue weighted by Crippen LogP contribution is 2.33. The van der Waals surface area contributed by atoms with Crippen LogP contribution in [0.4, 0.5) is 4.79 Å². The van der Waals surface area contributed by atoms with Gasteiger partial charge in [-0.15, -0.1) is 0 Å². The van der Waals surface area contributed by atoms with Crippen molar-refractivity contribution in [3.8, 4) is 0 Å². The predicted octanol–water partition coefficient (Wildman–Crippen LogP) is 2.50. The lowest BCUT2D eigenvalue weighted by Crippen LogP contribution is -2.56. The molecule has 2 saturated heterocycles. The van der Waals surface area contributed by atoms with Crippen LogP contribution in [0.15, 0.2) is 0 Å². The Morgan fingerprint density at radius 1 is 1.10 bits per heavy atom. The van der Waals surface area contributed by atoms with Gasteiger partial charge in [0.15, 0.2) is 0 Å². The van der Waals surface area contributed by atoms with Gasteiger partial charge in [0.05, 0.1) is 18.8 Å². The van der Waals surface area contributed by atoms with Crippen LogP contribution in [0.2, 0.25) is 0 Å². The first-order chi connectivity index (χ1) is 9.51. The van der Waals surface area contributed by atoms with E-state index < -0.39 is 5.60 Å². The molecule has 21 heavy (non-hydrogen) atoms. The summed E-state index contributed by atoms with van der Waals surface area (Å²) in [6, 6.07) is 0. The average molecular weight is 298 g/mol. The standard InChI is InChI=1S/C16H30N2O3/c1-14(2,3)18-8-7-16(12-18)11-17(9-10-20-16)13(19)21-15(4,5)6/h7-12H2,1-6H3. The van der Waals surface area contributed by atoms with Crippen molar-refractivity contribution in [1.82, 2.24) is 9.80 Å². The van der Waals surface area contributed by atoms with E-state index in [0.29, 0.717) is 19.7 Å². The average Bonchev–Trinajstić information content (AvgIpc) is 2.70. The van der Waals surface area contributed by atoms with Crippen LogP contribution in [0.5, 0.6) is 0 Å². The van der Waals surface area contributed by atoms with Crippen molar-refractivity contribution < 1.29 is 14.3 Å². The van der Waals surface area contributed by atoms with Gasteiger partial charge in [-0.25, -0.2) is 4.79 Å². The third kappa shape index (κ3) is 4.10. The number of amides is 1. The van der Waals surface area contributed by atoms with Crippen molar-refractivity contribution in [3.63, 3.8) is 0 Å². The zero-order valence-corrected chi connectivity index (χ0v) is 14.4. The number of carbonyl (C=O) groups is 1. The largest absolute Gasteiger partial charge is 0.444 e. The molecule has 0 aromatic heterocycles. The lowest BCUT2D eigenvalue weighted by Gasteiger charge is -2.41. The number of hydrogen-bond acceptors (Lipinski definition) is 4. The maximum atomic E-state index is 12.3. The summed E-state index contributed by atoms with van der Waals surface area (Å²) in [5.41, 5.74) is -0.529. The van der Waals surface area contributed by atoms with Crippen LogP contribution >= 0.6 is 0 Å². The highest BCUT2D eigenvalue weighted by Gasteiger charge is 2.46. The number of rotatable bonds is 0. The Labute approximate surface area is 128 Å². The minimum absolute atomic E-state index is 0.140. The normalized spacial score (nSPS) is 28.2. The topological polar surface area (TPSA) is 42.0 Å². The zero-order chi connectivity index (χ0) is 15.9. The van der Waals surface area contributed by atoms with E-state index in [1.54, 1.807) is 4.90 Å². The number of likely N-dealkylation sites (tertiary alicyclic amines) is 1. The molecular formula is C16H30N2O3. The second kappa shape index (κ2) is 5.43. The summed E-state index contributed by atoms with van der Waals surface area (Å²) in [6.45, 7) is 16.1. The number of hydrogen-bond donors (Lipinski definition) is 0. The number of ether oxygens (including phenoxy) is 2. The van der Waals surface area contributed by atoms with Gasteiger partial charge in [-0.1, -0.05) is 0 Å². The molecule has 0 aliphatic carbocycles. The molecule has 2 rings (SSSR count). The minimum Gasteiger partial charge on any atom is -0.444 e. The molecule has 1 spiro atoms. The Kier molecular flexibility index (Phi) is 4.28. The summed E-state index contributed by atoms with van der Waals surface area (Å²) in [7, 11) is 0. The van der Waals surface area contributed by atoms with Crippen LogP contribution in [-0.2, 0) is 9.47 Å². The van der Waals surface area contributed by atoms with E-state index in [-0.39, 0.29) is 17.2 Å². The molecule has 5 heteroatoms. The van der Waals surface area contributed by atoms with E-state index >= 15 is 0 Å². The van der Waals surface area contributed by atoms with Crippen LogP contribution in [0.3, 0.4) is 0 Å². The number of nitrogens with zero attached hydrogens (tertiary/aromatic N) is 2. The summed E-state index contributed by atoms with van der Waals surface area (Å²) in [4.78, 5) is 16.5. The van der Waals surface area contributed by atoms with Gasteiger partial charge in [-0.05, 0) is 48.0 Å². The van der Waals surface area contributed by atoms with Crippen molar-refractivity contribution >= 4 is 6.09 Å². The first kappa shape index (κ1) is 16.6. The first-order valence-electron chi connectivity index (χ1n) is 7.88. The van der Waals surface area contributed by atoms with Crippen molar-refractivity contribution in [1.29, 1.82) is 0 Å². The fourth-order valence-electron chi connectivity index (χ4n) is 2.99. The lowest BCUT2D eigenvalue weighted by molar-refractivity contribution is -0.104. The van der Waals surface area contributed by atoms with Gasteiger partial charge in [0.2, 0.25) is 0 Å². The van der Waals surface area contributed by atoms with Crippen molar-refractivity contribution in [2.45, 2.75) is 64.7 Å². The Hall–Kier alpha value is -0.810. The van der Waals surface area contributed by atoms with Gasteiger partial charge < -0.3 is 14.4 Å². The second-order valence-corrected chi connectivity index (χ2v) is 8.28. The third-order valence-corrected chi connectivity index (χ3v) is 4.17. The third-order valence-electron chi connectivity index (χ3n) is 4.17. The summed E-state index contributed by atoms with van der Waals surface area (Å²) in [6.07, 6.45) is 0.753. The molecule has 0 aromatic rings. The molecule has 2 aliphatic heterocycles. The molecule has 2 fully saturated rings. The highest BCUT2D eigenvalue weighted by atomic mass is 16.6. The fourth-order valence-corrected chi connectivity index (χ4v) is 2.99. The van der Waals surface area contributed by atoms with Crippen LogP contribution in [0.25, 0.3) is 0 Å². The molecular weight excluding hydrogens is 268 g/mol. The molecule has 0 radical (unpaired) electrons. The minimum atomic E-state index is -0.449. The van der Waals surface area contributed by atoms with Gasteiger partial charge in [0.1, 0.15) is 5.60 Å². The van der Waals surface area contributed by atoms with E-state index in [4.69, 9.17) is 9.47 Å². The second-order valence-electron chi connectivity index (χ2n) is 8.28. The smallest absolute Gasteiger partial charge is 0.410 e. The predicted molar refractivity (Wildman–Crippen MR) is 82.4 cm³/mol. The van der Waals surface area contributed by atoms with Crippen LogP contribution < -0.4 is 0 Å². The van der Waals surface area contributed by atoms with Gasteiger partial charge in [-0.2, -0.15) is 0 Å². The van der Waals surface area contributed by atoms with Crippen LogP contribution in [0, 0.1) is 0 Å². The fraction of sp³-hybridized carbons (Fsp3) is 0.938. The molecule has 1 unspecified atom stereocenters. The summed E-state index contributed by atoms with van der Waals surface area (Å²) < 4.78 is 11.6. The molecule has 0 bridgehead atoms. The maximum absolute atomic E-state index is 12.3. The Morgan fingerprint density at radius 3 is 2.29 bits per heavy atom. The quantitative estimate of drug-likeness (QED) is 0.689. The summed E-state index contributed by atoms with van der Waals surface area (Å²) in [5, 5.41) is 0. The molecule has 2 aliphatic rings. The molecule has 0 N–H and O–H groups in total. The van der Waals surface area contributed by atoms with E-state index in [9.17, 15) is 4.79 Å². The summed E-state index contributed by atoms with van der Waals surface area (Å²) in [5.74, 6) is 0. The zero-order valence-electron chi connectivity index (χ0n) is 14.4. The maximum Gasteiger partial charge on any atom is 0.410 e. The Morgan fingerprint density at radius 2 is 1.76 bits per heavy atom. The van der Waals surface area contributed by atoms with Crippen molar-refractivity contribution in [2.75, 3.05) is 32.8 Å². The van der Waals surface area contributed by atoms with Crippen molar-refractivity contribution in [2.24, 2.45) is 0 Å². The van der Waals surface area contributed by atoms with Gasteiger partial charge in [0.25, 0.3) is 0 Å². The first-order valence-corrected chi connectivity index (χ1v) is 7.88. The van der Waals surface area contributed by atoms with E-state index in [2.05, 4.69) is 25.7 Å². The van der Waals surface area contributed by atoms with E-state index in [1.165, 1.54) is 0 Å².